The third-order valence-corrected chi connectivity index (χ3v) is 11.6. The molecule has 0 amide bonds. The molecule has 0 saturated carbocycles. The van der Waals surface area contributed by atoms with Crippen LogP contribution in [0.2, 0.25) is 5.02 Å². The normalized spacial score (nSPS) is 16.1. The number of thioether (sulfide) groups is 2. The van der Waals surface area contributed by atoms with E-state index in [-0.39, 0.29) is 5.92 Å². The fourth-order valence-electron chi connectivity index (χ4n) is 6.87. The van der Waals surface area contributed by atoms with E-state index in [1.54, 1.807) is 23.5 Å². The summed E-state index contributed by atoms with van der Waals surface area (Å²) >= 11 is 10.6. The zero-order valence-corrected chi connectivity index (χ0v) is 29.5. The Bertz CT molecular complexity index is 2130. The van der Waals surface area contributed by atoms with Crippen LogP contribution in [0, 0.1) is 6.92 Å². The standard InChI is InChI=1S/C36H38ClN5O3S2/c1-20-12-13-45-30-16-25(14-22-8-6-7-9-26(22)30)47-18-24-15-23(38-42(24)5)17-46-19-29-32(21(2)41(4)39-29)33-28(37)11-10-27-31(20)35(36(43)44)40(3)34(27)33/h6-11,14-16,20,36,43-44H,12-13,17-19H2,1-5H3/t20-/m1/s1. The van der Waals surface area contributed by atoms with Crippen LogP contribution in [0.1, 0.15) is 59.6 Å². The first-order valence-electron chi connectivity index (χ1n) is 15.7. The predicted octanol–water partition coefficient (Wildman–Crippen LogP) is 8.02. The van der Waals surface area contributed by atoms with E-state index in [2.05, 4.69) is 50.2 Å². The lowest BCUT2D eigenvalue weighted by Crippen LogP contribution is -2.10. The highest BCUT2D eigenvalue weighted by Crippen LogP contribution is 2.45. The largest absolute Gasteiger partial charge is 0.493 e. The third kappa shape index (κ3) is 5.84. The van der Waals surface area contributed by atoms with Gasteiger partial charge in [-0.25, -0.2) is 0 Å². The first kappa shape index (κ1) is 32.2. The zero-order valence-electron chi connectivity index (χ0n) is 27.1. The maximum absolute atomic E-state index is 10.7. The predicted molar refractivity (Wildman–Crippen MR) is 192 cm³/mol. The molecule has 1 aliphatic rings. The van der Waals surface area contributed by atoms with Crippen molar-refractivity contribution in [3.63, 3.8) is 0 Å². The average molecular weight is 688 g/mol. The van der Waals surface area contributed by atoms with Crippen molar-refractivity contribution >= 4 is 56.8 Å². The molecule has 47 heavy (non-hydrogen) atoms. The topological polar surface area (TPSA) is 90.3 Å². The number of halogens is 1. The quantitative estimate of drug-likeness (QED) is 0.169. The van der Waals surface area contributed by atoms with Crippen LogP contribution < -0.4 is 4.74 Å². The number of aromatic nitrogens is 5. The van der Waals surface area contributed by atoms with Crippen LogP contribution in [0.25, 0.3) is 32.8 Å². The van der Waals surface area contributed by atoms with Gasteiger partial charge in [-0.05, 0) is 54.5 Å². The number of hydrogen-bond donors (Lipinski definition) is 2. The molecule has 0 aliphatic carbocycles. The molecule has 0 saturated heterocycles. The molecule has 2 N–H and O–H groups in total. The molecule has 0 fully saturated rings. The average Bonchev–Trinajstić information content (AvgIpc) is 3.65. The summed E-state index contributed by atoms with van der Waals surface area (Å²) in [4.78, 5) is 1.14. The number of aryl methyl sites for hydroxylation is 3. The monoisotopic (exact) mass is 687 g/mol. The highest BCUT2D eigenvalue weighted by molar-refractivity contribution is 7.98. The lowest BCUT2D eigenvalue weighted by molar-refractivity contribution is -0.0483. The molecular formula is C36H38ClN5O3S2. The van der Waals surface area contributed by atoms with E-state index in [4.69, 9.17) is 26.5 Å². The summed E-state index contributed by atoms with van der Waals surface area (Å²) < 4.78 is 12.3. The Kier molecular flexibility index (Phi) is 8.82. The molecule has 0 unspecified atom stereocenters. The van der Waals surface area contributed by atoms with Crippen LogP contribution in [0.5, 0.6) is 5.75 Å². The second-order valence-electron chi connectivity index (χ2n) is 12.3. The Labute approximate surface area is 287 Å². The van der Waals surface area contributed by atoms with Gasteiger partial charge in [-0.3, -0.25) is 9.36 Å². The number of nitrogens with zero attached hydrogens (tertiary/aromatic N) is 5. The Morgan fingerprint density at radius 2 is 1.74 bits per heavy atom. The van der Waals surface area contributed by atoms with E-state index >= 15 is 0 Å². The molecule has 1 atom stereocenters. The van der Waals surface area contributed by atoms with Crippen molar-refractivity contribution in [2.75, 3.05) is 6.61 Å². The van der Waals surface area contributed by atoms with Crippen LogP contribution in [0.15, 0.2) is 59.5 Å². The molecule has 3 aromatic heterocycles. The molecular weight excluding hydrogens is 650 g/mol. The van der Waals surface area contributed by atoms with Crippen molar-refractivity contribution in [3.05, 3.63) is 93.7 Å². The van der Waals surface area contributed by atoms with Gasteiger partial charge in [0.1, 0.15) is 5.75 Å². The second kappa shape index (κ2) is 12.9. The van der Waals surface area contributed by atoms with Crippen molar-refractivity contribution in [1.29, 1.82) is 0 Å². The molecule has 0 spiro atoms. The van der Waals surface area contributed by atoms with E-state index in [1.807, 2.05) is 53.3 Å². The van der Waals surface area contributed by atoms with Gasteiger partial charge < -0.3 is 19.5 Å². The summed E-state index contributed by atoms with van der Waals surface area (Å²) in [6, 6.07) is 18.8. The van der Waals surface area contributed by atoms with E-state index in [1.165, 1.54) is 0 Å². The fraction of sp³-hybridized carbons (Fsp3) is 0.333. The first-order chi connectivity index (χ1) is 22.6. The van der Waals surface area contributed by atoms with Gasteiger partial charge in [0.2, 0.25) is 0 Å². The molecule has 8 nitrogen and oxygen atoms in total. The van der Waals surface area contributed by atoms with E-state index < -0.39 is 6.29 Å². The number of ether oxygens (including phenoxy) is 1. The summed E-state index contributed by atoms with van der Waals surface area (Å²) in [5.74, 6) is 3.01. The smallest absolute Gasteiger partial charge is 0.194 e. The van der Waals surface area contributed by atoms with Crippen LogP contribution in [0.3, 0.4) is 0 Å². The molecule has 4 heterocycles. The molecule has 11 heteroatoms. The highest BCUT2D eigenvalue weighted by Gasteiger charge is 2.29. The van der Waals surface area contributed by atoms with Gasteiger partial charge in [0.15, 0.2) is 6.29 Å². The van der Waals surface area contributed by atoms with Crippen molar-refractivity contribution in [1.82, 2.24) is 24.1 Å². The Hall–Kier alpha value is -3.41. The maximum Gasteiger partial charge on any atom is 0.194 e. The van der Waals surface area contributed by atoms with Crippen LogP contribution in [0.4, 0.5) is 0 Å². The molecule has 6 aromatic rings. The number of rotatable bonds is 1. The molecule has 7 rings (SSSR count). The maximum atomic E-state index is 10.7. The SMILES string of the molecule is Cc1c2c(nn1C)CSCc1cc(n(C)n1)CSc1cc(c3ccccc3c1)OCC[C@@H](C)c1c(C(O)O)n(C)c3c-2c(Cl)ccc13. The number of aliphatic hydroxyl groups is 2. The van der Waals surface area contributed by atoms with E-state index in [9.17, 15) is 10.2 Å². The van der Waals surface area contributed by atoms with Gasteiger partial charge in [-0.1, -0.05) is 48.9 Å². The van der Waals surface area contributed by atoms with Crippen LogP contribution in [-0.2, 0) is 38.4 Å². The van der Waals surface area contributed by atoms with Crippen molar-refractivity contribution < 1.29 is 14.9 Å². The number of fused-ring (bicyclic) bond motifs is 8. The molecule has 0 radical (unpaired) electrons. The van der Waals surface area contributed by atoms with Gasteiger partial charge in [-0.15, -0.1) is 23.5 Å². The fourth-order valence-corrected chi connectivity index (χ4v) is 8.95. The van der Waals surface area contributed by atoms with Crippen molar-refractivity contribution in [2.45, 2.75) is 54.6 Å². The van der Waals surface area contributed by atoms with Crippen molar-refractivity contribution in [2.24, 2.45) is 21.1 Å². The van der Waals surface area contributed by atoms with Gasteiger partial charge in [0.25, 0.3) is 0 Å². The number of aliphatic hydroxyl groups excluding tert-OH is 1. The van der Waals surface area contributed by atoms with E-state index in [0.717, 1.165) is 83.3 Å². The number of hydrogen-bond acceptors (Lipinski definition) is 7. The summed E-state index contributed by atoms with van der Waals surface area (Å²) in [6.45, 7) is 4.64. The van der Waals surface area contributed by atoms with Gasteiger partial charge >= 0.3 is 0 Å². The lowest BCUT2D eigenvalue weighted by atomic mass is 9.92. The molecule has 3 aromatic carbocycles. The molecule has 244 valence electrons. The second-order valence-corrected chi connectivity index (χ2v) is 14.7. The van der Waals surface area contributed by atoms with E-state index in [0.29, 0.717) is 29.5 Å². The highest BCUT2D eigenvalue weighted by atomic mass is 35.5. The van der Waals surface area contributed by atoms with Gasteiger partial charge in [0.05, 0.1) is 34.2 Å². The third-order valence-electron chi connectivity index (χ3n) is 9.29. The van der Waals surface area contributed by atoms with Gasteiger partial charge in [0, 0.05) is 76.6 Å². The number of benzene rings is 3. The Morgan fingerprint density at radius 1 is 0.936 bits per heavy atom. The van der Waals surface area contributed by atoms with Gasteiger partial charge in [-0.2, -0.15) is 10.2 Å². The minimum Gasteiger partial charge on any atom is -0.493 e. The van der Waals surface area contributed by atoms with Crippen LogP contribution in [-0.4, -0.2) is 40.9 Å². The first-order valence-corrected chi connectivity index (χ1v) is 18.2. The summed E-state index contributed by atoms with van der Waals surface area (Å²) in [7, 11) is 5.84. The summed E-state index contributed by atoms with van der Waals surface area (Å²) in [6.07, 6.45) is -0.984. The lowest BCUT2D eigenvalue weighted by Gasteiger charge is -2.17. The minimum absolute atomic E-state index is 0.0359. The summed E-state index contributed by atoms with van der Waals surface area (Å²) in [5.41, 5.74) is 8.17. The zero-order chi connectivity index (χ0) is 33.0. The van der Waals surface area contributed by atoms with Crippen LogP contribution >= 0.6 is 35.1 Å². The summed E-state index contributed by atoms with van der Waals surface area (Å²) in [5, 5.41) is 35.0. The molecule has 1 aliphatic heterocycles. The Morgan fingerprint density at radius 3 is 2.55 bits per heavy atom. The molecule has 8 bridgehead atoms. The minimum atomic E-state index is -1.66. The Balaban J connectivity index is 1.38. The van der Waals surface area contributed by atoms with Crippen molar-refractivity contribution in [3.8, 4) is 16.9 Å².